The summed E-state index contributed by atoms with van der Waals surface area (Å²) in [5, 5.41) is 9.12. The molecule has 0 saturated carbocycles. The molecule has 0 radical (unpaired) electrons. The third-order valence-corrected chi connectivity index (χ3v) is 2.89. The van der Waals surface area contributed by atoms with Crippen LogP contribution in [0.25, 0.3) is 0 Å². The maximum Gasteiger partial charge on any atom is 0.337 e. The number of carboxylic acids is 1. The highest BCUT2D eigenvalue weighted by Crippen LogP contribution is 2.33. The Balaban J connectivity index is 2.41. The standard InChI is InChI=1S/C15H15NO4/c1-9-7-10(8-11(14(9)16)15(17)18)20-13-6-4-3-5-12(13)19-2/h3-8H,16H2,1-2H3,(H,17,18). The van der Waals surface area contributed by atoms with Crippen LogP contribution in [0.5, 0.6) is 17.2 Å². The number of anilines is 1. The van der Waals surface area contributed by atoms with E-state index in [1.165, 1.54) is 6.07 Å². The number of hydrogen-bond acceptors (Lipinski definition) is 4. The molecule has 0 aromatic heterocycles. The average Bonchev–Trinajstić information content (AvgIpc) is 2.43. The van der Waals surface area contributed by atoms with Crippen molar-refractivity contribution in [3.05, 3.63) is 47.5 Å². The molecule has 0 unspecified atom stereocenters. The number of aromatic carboxylic acids is 1. The molecule has 0 fully saturated rings. The van der Waals surface area contributed by atoms with Gasteiger partial charge in [0, 0.05) is 5.69 Å². The van der Waals surface area contributed by atoms with Crippen molar-refractivity contribution in [1.29, 1.82) is 0 Å². The number of hydrogen-bond donors (Lipinski definition) is 2. The summed E-state index contributed by atoms with van der Waals surface area (Å²) in [6, 6.07) is 10.2. The smallest absolute Gasteiger partial charge is 0.337 e. The van der Waals surface area contributed by atoms with Crippen molar-refractivity contribution in [3.8, 4) is 17.2 Å². The van der Waals surface area contributed by atoms with Crippen LogP contribution in [0, 0.1) is 6.92 Å². The van der Waals surface area contributed by atoms with Gasteiger partial charge >= 0.3 is 5.97 Å². The predicted octanol–water partition coefficient (Wildman–Crippen LogP) is 3.08. The lowest BCUT2D eigenvalue weighted by atomic mass is 10.1. The zero-order valence-corrected chi connectivity index (χ0v) is 11.2. The summed E-state index contributed by atoms with van der Waals surface area (Å²) < 4.78 is 10.9. The van der Waals surface area contributed by atoms with E-state index in [2.05, 4.69) is 0 Å². The molecule has 0 aliphatic carbocycles. The van der Waals surface area contributed by atoms with Crippen molar-refractivity contribution in [2.75, 3.05) is 12.8 Å². The Morgan fingerprint density at radius 3 is 2.45 bits per heavy atom. The van der Waals surface area contributed by atoms with Crippen LogP contribution >= 0.6 is 0 Å². The Morgan fingerprint density at radius 1 is 1.20 bits per heavy atom. The third kappa shape index (κ3) is 2.66. The van der Waals surface area contributed by atoms with Gasteiger partial charge in [-0.2, -0.15) is 0 Å². The lowest BCUT2D eigenvalue weighted by Crippen LogP contribution is -2.04. The molecule has 20 heavy (non-hydrogen) atoms. The van der Waals surface area contributed by atoms with Crippen LogP contribution in [0.15, 0.2) is 36.4 Å². The summed E-state index contributed by atoms with van der Waals surface area (Å²) in [4.78, 5) is 11.1. The van der Waals surface area contributed by atoms with E-state index in [9.17, 15) is 4.79 Å². The summed E-state index contributed by atoms with van der Waals surface area (Å²) in [6.45, 7) is 1.73. The highest BCUT2D eigenvalue weighted by atomic mass is 16.5. The molecule has 0 amide bonds. The molecule has 2 rings (SSSR count). The second-order valence-corrected chi connectivity index (χ2v) is 4.26. The first-order chi connectivity index (χ1) is 9.52. The fourth-order valence-corrected chi connectivity index (χ4v) is 1.83. The summed E-state index contributed by atoms with van der Waals surface area (Å²) >= 11 is 0. The van der Waals surface area contributed by atoms with Gasteiger partial charge in [-0.3, -0.25) is 0 Å². The lowest BCUT2D eigenvalue weighted by Gasteiger charge is -2.12. The molecular formula is C15H15NO4. The molecule has 0 aliphatic heterocycles. The molecule has 0 spiro atoms. The zero-order chi connectivity index (χ0) is 14.7. The molecule has 104 valence electrons. The van der Waals surface area contributed by atoms with Crippen LogP contribution in [-0.2, 0) is 0 Å². The number of rotatable bonds is 4. The fraction of sp³-hybridized carbons (Fsp3) is 0.133. The van der Waals surface area contributed by atoms with Crippen molar-refractivity contribution in [1.82, 2.24) is 0 Å². The normalized spacial score (nSPS) is 10.1. The topological polar surface area (TPSA) is 81.8 Å². The third-order valence-electron chi connectivity index (χ3n) is 2.89. The number of methoxy groups -OCH3 is 1. The van der Waals surface area contributed by atoms with Crippen LogP contribution in [0.4, 0.5) is 5.69 Å². The van der Waals surface area contributed by atoms with E-state index in [-0.39, 0.29) is 11.3 Å². The molecule has 3 N–H and O–H groups in total. The van der Waals surface area contributed by atoms with Crippen molar-refractivity contribution in [2.24, 2.45) is 0 Å². The van der Waals surface area contributed by atoms with Gasteiger partial charge in [-0.15, -0.1) is 0 Å². The fourth-order valence-electron chi connectivity index (χ4n) is 1.83. The minimum atomic E-state index is -1.09. The van der Waals surface area contributed by atoms with Gasteiger partial charge in [-0.25, -0.2) is 4.79 Å². The van der Waals surface area contributed by atoms with Crippen molar-refractivity contribution < 1.29 is 19.4 Å². The molecule has 5 heteroatoms. The van der Waals surface area contributed by atoms with Gasteiger partial charge in [0.2, 0.25) is 0 Å². The molecule has 0 heterocycles. The van der Waals surface area contributed by atoms with Crippen LogP contribution in [0.1, 0.15) is 15.9 Å². The van der Waals surface area contributed by atoms with Crippen LogP contribution in [0.2, 0.25) is 0 Å². The molecule has 0 bridgehead atoms. The molecule has 5 nitrogen and oxygen atoms in total. The largest absolute Gasteiger partial charge is 0.493 e. The number of aryl methyl sites for hydroxylation is 1. The van der Waals surface area contributed by atoms with E-state index in [1.807, 2.05) is 6.07 Å². The van der Waals surface area contributed by atoms with Gasteiger partial charge in [0.15, 0.2) is 11.5 Å². The zero-order valence-electron chi connectivity index (χ0n) is 11.2. The van der Waals surface area contributed by atoms with Gasteiger partial charge in [0.25, 0.3) is 0 Å². The van der Waals surface area contributed by atoms with E-state index in [0.29, 0.717) is 22.8 Å². The SMILES string of the molecule is COc1ccccc1Oc1cc(C)c(N)c(C(=O)O)c1. The summed E-state index contributed by atoms with van der Waals surface area (Å²) in [5.41, 5.74) is 6.65. The molecule has 2 aromatic carbocycles. The van der Waals surface area contributed by atoms with E-state index in [4.69, 9.17) is 20.3 Å². The molecule has 0 saturated heterocycles. The van der Waals surface area contributed by atoms with Crippen LogP contribution < -0.4 is 15.2 Å². The van der Waals surface area contributed by atoms with E-state index >= 15 is 0 Å². The molecule has 0 atom stereocenters. The highest BCUT2D eigenvalue weighted by molar-refractivity contribution is 5.95. The Labute approximate surface area is 116 Å². The Bertz CT molecular complexity index is 652. The van der Waals surface area contributed by atoms with E-state index in [1.54, 1.807) is 38.3 Å². The predicted molar refractivity (Wildman–Crippen MR) is 75.6 cm³/mol. The first kappa shape index (κ1) is 13.7. The summed E-state index contributed by atoms with van der Waals surface area (Å²) in [7, 11) is 1.54. The maximum atomic E-state index is 11.1. The first-order valence-corrected chi connectivity index (χ1v) is 5.97. The van der Waals surface area contributed by atoms with Crippen LogP contribution in [0.3, 0.4) is 0 Å². The minimum Gasteiger partial charge on any atom is -0.493 e. The number of carboxylic acid groups (broad SMARTS) is 1. The van der Waals surface area contributed by atoms with Gasteiger partial charge in [-0.1, -0.05) is 12.1 Å². The molecular weight excluding hydrogens is 258 g/mol. The number of ether oxygens (including phenoxy) is 2. The highest BCUT2D eigenvalue weighted by Gasteiger charge is 2.13. The monoisotopic (exact) mass is 273 g/mol. The van der Waals surface area contributed by atoms with Gasteiger partial charge in [0.05, 0.1) is 12.7 Å². The molecule has 2 aromatic rings. The Hall–Kier alpha value is -2.69. The van der Waals surface area contributed by atoms with Gasteiger partial charge in [0.1, 0.15) is 5.75 Å². The van der Waals surface area contributed by atoms with Crippen molar-refractivity contribution in [2.45, 2.75) is 6.92 Å². The number of carbonyl (C=O) groups is 1. The number of nitrogen functional groups attached to an aromatic ring is 1. The second-order valence-electron chi connectivity index (χ2n) is 4.26. The van der Waals surface area contributed by atoms with Crippen molar-refractivity contribution >= 4 is 11.7 Å². The quantitative estimate of drug-likeness (QED) is 0.836. The van der Waals surface area contributed by atoms with Gasteiger partial charge < -0.3 is 20.3 Å². The first-order valence-electron chi connectivity index (χ1n) is 5.97. The van der Waals surface area contributed by atoms with Gasteiger partial charge in [-0.05, 0) is 36.8 Å². The van der Waals surface area contributed by atoms with E-state index in [0.717, 1.165) is 0 Å². The molecule has 0 aliphatic rings. The Kier molecular flexibility index (Phi) is 3.79. The second kappa shape index (κ2) is 5.52. The van der Waals surface area contributed by atoms with E-state index < -0.39 is 5.97 Å². The minimum absolute atomic E-state index is 0.0231. The van der Waals surface area contributed by atoms with Crippen molar-refractivity contribution in [3.63, 3.8) is 0 Å². The lowest BCUT2D eigenvalue weighted by molar-refractivity contribution is 0.0697. The van der Waals surface area contributed by atoms with Crippen LogP contribution in [-0.4, -0.2) is 18.2 Å². The summed E-state index contributed by atoms with van der Waals surface area (Å²) in [6.07, 6.45) is 0. The summed E-state index contributed by atoms with van der Waals surface area (Å²) in [5.74, 6) is 0.393. The Morgan fingerprint density at radius 2 is 1.85 bits per heavy atom. The maximum absolute atomic E-state index is 11.1. The average molecular weight is 273 g/mol. The number of para-hydroxylation sites is 2. The number of benzene rings is 2. The number of nitrogens with two attached hydrogens (primary N) is 1.